The Morgan fingerprint density at radius 3 is 0.957 bits per heavy atom. The molecule has 0 saturated heterocycles. The van der Waals surface area contributed by atoms with Crippen LogP contribution in [-0.2, 0) is 0 Å². The third-order valence-corrected chi connectivity index (χ3v) is 14.1. The van der Waals surface area contributed by atoms with Crippen LogP contribution in [0, 0.1) is 41.5 Å². The number of hydrogen-bond donors (Lipinski definition) is 0. The molecule has 10 aromatic carbocycles. The van der Waals surface area contributed by atoms with Crippen LogP contribution in [0.1, 0.15) is 61.1 Å². The molecule has 354 valence electrons. The Morgan fingerprint density at radius 2 is 0.571 bits per heavy atom. The molecule has 0 bridgehead atoms. The van der Waals surface area contributed by atoms with Crippen molar-refractivity contribution >= 4 is 60.3 Å². The van der Waals surface area contributed by atoms with Crippen molar-refractivity contribution in [1.82, 2.24) is 0 Å². The minimum Gasteiger partial charge on any atom is -0.408 e. The molecule has 0 heterocycles. The number of rotatable bonds is 13. The zero-order chi connectivity index (χ0) is 49.3. The van der Waals surface area contributed by atoms with Gasteiger partial charge in [-0.15, -0.1) is 0 Å². The van der Waals surface area contributed by atoms with Crippen LogP contribution >= 0.6 is 17.2 Å². The lowest BCUT2D eigenvalue weighted by Gasteiger charge is -2.26. The van der Waals surface area contributed by atoms with Gasteiger partial charge in [-0.05, 0) is 144 Å². The average molecular weight is 963 g/mol. The second-order valence-corrected chi connectivity index (χ2v) is 18.6. The van der Waals surface area contributed by atoms with E-state index in [1.807, 2.05) is 126 Å². The molecule has 10 aromatic rings. The second kappa shape index (κ2) is 22.5. The summed E-state index contributed by atoms with van der Waals surface area (Å²) in [6.45, 7) is 20.4. The van der Waals surface area contributed by atoms with E-state index in [-0.39, 0.29) is 0 Å². The smallest absolute Gasteiger partial charge is 0.408 e. The number of hydrogen-bond acceptors (Lipinski definition) is 6. The zero-order valence-corrected chi connectivity index (χ0v) is 43.5. The van der Waals surface area contributed by atoms with Crippen LogP contribution in [0.25, 0.3) is 54.2 Å². The monoisotopic (exact) mass is 962 g/mol. The molecule has 70 heavy (non-hydrogen) atoms. The van der Waals surface area contributed by atoms with Gasteiger partial charge in [-0.3, -0.25) is 0 Å². The fourth-order valence-corrected chi connectivity index (χ4v) is 10.9. The predicted octanol–water partition coefficient (Wildman–Crippen LogP) is 19.4. The van der Waals surface area contributed by atoms with Gasteiger partial charge in [0.2, 0.25) is 0 Å². The van der Waals surface area contributed by atoms with Gasteiger partial charge in [-0.25, -0.2) is 0 Å². The van der Waals surface area contributed by atoms with Crippen LogP contribution < -0.4 is 27.1 Å². The SMILES string of the molecule is CC.CC.Cc1ccccc1OP(Oc1c(C)cc2ccccc2c1-c1c(OP(Oc2ccccc2C)Oc2ccc(C)c3ccccc23)c(C)cc2ccccc12)Oc1ccc(C)c2ccccc12. The summed E-state index contributed by atoms with van der Waals surface area (Å²) in [5, 5.41) is 8.18. The number of para-hydroxylation sites is 2. The van der Waals surface area contributed by atoms with E-state index in [4.69, 9.17) is 27.1 Å². The van der Waals surface area contributed by atoms with Crippen molar-refractivity contribution in [2.75, 3.05) is 0 Å². The van der Waals surface area contributed by atoms with Gasteiger partial charge in [0.15, 0.2) is 0 Å². The summed E-state index contributed by atoms with van der Waals surface area (Å²) in [5.74, 6) is 3.90. The van der Waals surface area contributed by atoms with E-state index in [0.717, 1.165) is 87.6 Å². The summed E-state index contributed by atoms with van der Waals surface area (Å²) in [7, 11) is -4.24. The van der Waals surface area contributed by atoms with Crippen molar-refractivity contribution in [3.63, 3.8) is 0 Å². The van der Waals surface area contributed by atoms with Crippen LogP contribution in [0.3, 0.4) is 0 Å². The maximum Gasteiger partial charge on any atom is 0.530 e. The van der Waals surface area contributed by atoms with E-state index in [2.05, 4.69) is 125 Å². The van der Waals surface area contributed by atoms with Gasteiger partial charge in [0.1, 0.15) is 34.5 Å². The molecular weight excluding hydrogens is 903 g/mol. The quantitative estimate of drug-likeness (QED) is 0.107. The minimum absolute atomic E-state index is 0.611. The molecule has 0 aliphatic carbocycles. The van der Waals surface area contributed by atoms with Gasteiger partial charge < -0.3 is 27.1 Å². The lowest BCUT2D eigenvalue weighted by molar-refractivity contribution is 0.385. The molecule has 10 rings (SSSR count). The molecule has 0 radical (unpaired) electrons. The fourth-order valence-electron chi connectivity index (χ4n) is 8.57. The highest BCUT2D eigenvalue weighted by molar-refractivity contribution is 7.43. The summed E-state index contributed by atoms with van der Waals surface area (Å²) in [5.41, 5.74) is 7.71. The average Bonchev–Trinajstić information content (AvgIpc) is 3.39. The van der Waals surface area contributed by atoms with Gasteiger partial charge in [0, 0.05) is 21.9 Å². The summed E-state index contributed by atoms with van der Waals surface area (Å²) in [6.07, 6.45) is 0. The van der Waals surface area contributed by atoms with Gasteiger partial charge in [-0.2, -0.15) is 0 Å². The van der Waals surface area contributed by atoms with Crippen molar-refractivity contribution in [3.05, 3.63) is 215 Å². The summed E-state index contributed by atoms with van der Waals surface area (Å²) in [6, 6.07) is 61.7. The van der Waals surface area contributed by atoms with Crippen molar-refractivity contribution < 1.29 is 27.1 Å². The zero-order valence-electron chi connectivity index (χ0n) is 41.7. The highest BCUT2D eigenvalue weighted by Crippen LogP contribution is 2.56. The van der Waals surface area contributed by atoms with Gasteiger partial charge in [0.05, 0.1) is 0 Å². The molecule has 2 atom stereocenters. The summed E-state index contributed by atoms with van der Waals surface area (Å²) >= 11 is 0. The second-order valence-electron chi connectivity index (χ2n) is 16.6. The summed E-state index contributed by atoms with van der Waals surface area (Å²) < 4.78 is 42.2. The first-order valence-electron chi connectivity index (χ1n) is 24.0. The van der Waals surface area contributed by atoms with E-state index in [1.165, 1.54) is 0 Å². The number of fused-ring (bicyclic) bond motifs is 4. The molecule has 0 aromatic heterocycles. The maximum absolute atomic E-state index is 7.30. The molecule has 0 fully saturated rings. The summed E-state index contributed by atoms with van der Waals surface area (Å²) in [4.78, 5) is 0. The Hall–Kier alpha value is -7.10. The van der Waals surface area contributed by atoms with Crippen molar-refractivity contribution in [2.24, 2.45) is 0 Å². The van der Waals surface area contributed by atoms with Crippen LogP contribution in [0.15, 0.2) is 182 Å². The minimum atomic E-state index is -2.12. The topological polar surface area (TPSA) is 55.4 Å². The number of benzene rings is 10. The Morgan fingerprint density at radius 1 is 0.257 bits per heavy atom. The lowest BCUT2D eigenvalue weighted by Crippen LogP contribution is -2.07. The Kier molecular flexibility index (Phi) is 15.9. The molecular formula is C62H60O6P2. The van der Waals surface area contributed by atoms with Gasteiger partial charge in [-0.1, -0.05) is 173 Å². The molecule has 0 N–H and O–H groups in total. The Balaban J connectivity index is 0.00000161. The van der Waals surface area contributed by atoms with Crippen LogP contribution in [0.2, 0.25) is 0 Å². The van der Waals surface area contributed by atoms with Crippen LogP contribution in [0.5, 0.6) is 34.5 Å². The highest BCUT2D eigenvalue weighted by atomic mass is 31.2. The van der Waals surface area contributed by atoms with Crippen LogP contribution in [0.4, 0.5) is 0 Å². The van der Waals surface area contributed by atoms with Gasteiger partial charge in [0.25, 0.3) is 0 Å². The Labute approximate surface area is 415 Å². The van der Waals surface area contributed by atoms with E-state index in [9.17, 15) is 0 Å². The molecule has 6 nitrogen and oxygen atoms in total. The highest BCUT2D eigenvalue weighted by Gasteiger charge is 2.31. The standard InChI is InChI=1S/C58H48O6P2.2C2H6/c1-37-31-33-53(49-27-15-13-23-45(37)49)61-65(59-51-29-17-7-19-39(51)3)63-57-41(5)35-43-21-9-11-25-47(43)55(57)56-48-26-12-10-22-44(48)36-42(6)58(56)64-66(60-52-30-18-8-20-40(52)4)62-54-34-32-38(2)46-24-14-16-28-50(46)54;2*1-2/h7-36H,1-6H3;2*1-2H3. The lowest BCUT2D eigenvalue weighted by atomic mass is 9.89. The third kappa shape index (κ3) is 10.4. The first-order valence-corrected chi connectivity index (χ1v) is 26.2. The molecule has 0 aliphatic rings. The molecule has 0 aliphatic heterocycles. The molecule has 2 unspecified atom stereocenters. The molecule has 0 amide bonds. The van der Waals surface area contributed by atoms with Crippen molar-refractivity contribution in [2.45, 2.75) is 69.2 Å². The van der Waals surface area contributed by atoms with Gasteiger partial charge >= 0.3 is 17.2 Å². The first-order chi connectivity index (χ1) is 34.2. The van der Waals surface area contributed by atoms with E-state index < -0.39 is 17.2 Å². The molecule has 0 saturated carbocycles. The Bertz CT molecular complexity index is 3210. The number of aryl methyl sites for hydroxylation is 6. The van der Waals surface area contributed by atoms with Crippen molar-refractivity contribution in [3.8, 4) is 45.6 Å². The molecule has 8 heteroatoms. The van der Waals surface area contributed by atoms with Crippen molar-refractivity contribution in [1.29, 1.82) is 0 Å². The third-order valence-electron chi connectivity index (χ3n) is 12.0. The van der Waals surface area contributed by atoms with E-state index in [1.54, 1.807) is 0 Å². The first kappa shape index (κ1) is 49.3. The van der Waals surface area contributed by atoms with E-state index in [0.29, 0.717) is 34.5 Å². The normalized spacial score (nSPS) is 11.7. The maximum atomic E-state index is 7.30. The van der Waals surface area contributed by atoms with E-state index >= 15 is 0 Å². The predicted molar refractivity (Wildman–Crippen MR) is 296 cm³/mol. The molecule has 0 spiro atoms. The van der Waals surface area contributed by atoms with Crippen LogP contribution in [-0.4, -0.2) is 0 Å². The fraction of sp³-hybridized carbons (Fsp3) is 0.161. The largest absolute Gasteiger partial charge is 0.530 e.